The van der Waals surface area contributed by atoms with Crippen LogP contribution in [0.1, 0.15) is 39.0 Å². The first-order valence-corrected chi connectivity index (χ1v) is 7.44. The molecule has 2 unspecified atom stereocenters. The van der Waals surface area contributed by atoms with Gasteiger partial charge in [0.2, 0.25) is 11.8 Å². The third kappa shape index (κ3) is 4.82. The number of hydrogen-bond donors (Lipinski definition) is 3. The standard InChI is InChI=1S/C14H25N3O2/c1-10-6-8-15-9-12(10)17-13(18)3-2-7-16-14(19)11-4-5-11/h10-12,15H,2-9H2,1H3,(H,16,19)(H,17,18). The van der Waals surface area contributed by atoms with E-state index in [1.165, 1.54) is 0 Å². The molecule has 0 aromatic rings. The topological polar surface area (TPSA) is 70.2 Å². The van der Waals surface area contributed by atoms with Gasteiger partial charge in [0.1, 0.15) is 0 Å². The van der Waals surface area contributed by atoms with Gasteiger partial charge in [-0.3, -0.25) is 9.59 Å². The summed E-state index contributed by atoms with van der Waals surface area (Å²) in [6, 6.07) is 0.252. The second-order valence-corrected chi connectivity index (χ2v) is 5.81. The molecule has 1 aliphatic heterocycles. The first-order valence-electron chi connectivity index (χ1n) is 7.44. The SMILES string of the molecule is CC1CCNCC1NC(=O)CCCNC(=O)C1CC1. The fourth-order valence-electron chi connectivity index (χ4n) is 2.41. The predicted molar refractivity (Wildman–Crippen MR) is 73.5 cm³/mol. The van der Waals surface area contributed by atoms with E-state index >= 15 is 0 Å². The molecular weight excluding hydrogens is 242 g/mol. The Bertz CT molecular complexity index is 329. The molecule has 1 aliphatic carbocycles. The Balaban J connectivity index is 1.54. The van der Waals surface area contributed by atoms with Gasteiger partial charge >= 0.3 is 0 Å². The molecule has 2 atom stereocenters. The fourth-order valence-corrected chi connectivity index (χ4v) is 2.41. The number of piperidine rings is 1. The van der Waals surface area contributed by atoms with Gasteiger partial charge in [0.25, 0.3) is 0 Å². The zero-order chi connectivity index (χ0) is 13.7. The quantitative estimate of drug-likeness (QED) is 0.610. The smallest absolute Gasteiger partial charge is 0.223 e. The zero-order valence-electron chi connectivity index (χ0n) is 11.7. The van der Waals surface area contributed by atoms with E-state index in [1.54, 1.807) is 0 Å². The van der Waals surface area contributed by atoms with E-state index in [0.717, 1.165) is 38.8 Å². The molecule has 1 saturated carbocycles. The first-order chi connectivity index (χ1) is 9.16. The number of rotatable bonds is 6. The van der Waals surface area contributed by atoms with Gasteiger partial charge in [-0.2, -0.15) is 0 Å². The highest BCUT2D eigenvalue weighted by atomic mass is 16.2. The van der Waals surface area contributed by atoms with E-state index in [-0.39, 0.29) is 23.8 Å². The van der Waals surface area contributed by atoms with Gasteiger partial charge in [-0.05, 0) is 38.1 Å². The normalized spacial score (nSPS) is 26.8. The van der Waals surface area contributed by atoms with E-state index in [2.05, 4.69) is 22.9 Å². The molecule has 5 heteroatoms. The second kappa shape index (κ2) is 6.89. The maximum absolute atomic E-state index is 11.8. The van der Waals surface area contributed by atoms with Crippen molar-refractivity contribution in [2.75, 3.05) is 19.6 Å². The van der Waals surface area contributed by atoms with Crippen LogP contribution in [0.4, 0.5) is 0 Å². The maximum Gasteiger partial charge on any atom is 0.223 e. The Morgan fingerprint density at radius 1 is 1.26 bits per heavy atom. The highest BCUT2D eigenvalue weighted by Gasteiger charge is 2.29. The number of amides is 2. The summed E-state index contributed by atoms with van der Waals surface area (Å²) in [4.78, 5) is 23.2. The van der Waals surface area contributed by atoms with Crippen LogP contribution in [-0.4, -0.2) is 37.5 Å². The summed E-state index contributed by atoms with van der Waals surface area (Å²) >= 11 is 0. The van der Waals surface area contributed by atoms with Gasteiger partial charge < -0.3 is 16.0 Å². The average Bonchev–Trinajstić information content (AvgIpc) is 3.21. The van der Waals surface area contributed by atoms with Gasteiger partial charge in [0.05, 0.1) is 0 Å². The van der Waals surface area contributed by atoms with Crippen molar-refractivity contribution in [1.82, 2.24) is 16.0 Å². The molecule has 0 radical (unpaired) electrons. The van der Waals surface area contributed by atoms with Crippen LogP contribution in [0.2, 0.25) is 0 Å². The van der Waals surface area contributed by atoms with Crippen molar-refractivity contribution < 1.29 is 9.59 Å². The Kier molecular flexibility index (Phi) is 5.19. The van der Waals surface area contributed by atoms with Gasteiger partial charge in [0, 0.05) is 31.5 Å². The van der Waals surface area contributed by atoms with Crippen LogP contribution in [0.5, 0.6) is 0 Å². The highest BCUT2D eigenvalue weighted by molar-refractivity contribution is 5.81. The molecular formula is C14H25N3O2. The van der Waals surface area contributed by atoms with Crippen molar-refractivity contribution in [2.45, 2.75) is 45.1 Å². The number of carbonyl (C=O) groups excluding carboxylic acids is 2. The number of nitrogens with one attached hydrogen (secondary N) is 3. The summed E-state index contributed by atoms with van der Waals surface area (Å²) in [5.74, 6) is 1.05. The molecule has 0 aromatic carbocycles. The summed E-state index contributed by atoms with van der Waals surface area (Å²) in [6.45, 7) is 4.70. The van der Waals surface area contributed by atoms with Crippen LogP contribution >= 0.6 is 0 Å². The minimum absolute atomic E-state index is 0.0984. The molecule has 2 rings (SSSR count). The summed E-state index contributed by atoms with van der Waals surface area (Å²) in [5, 5.41) is 9.26. The molecule has 0 spiro atoms. The Hall–Kier alpha value is -1.10. The summed E-state index contributed by atoms with van der Waals surface area (Å²) in [6.07, 6.45) is 4.38. The van der Waals surface area contributed by atoms with Gasteiger partial charge in [0.15, 0.2) is 0 Å². The number of carbonyl (C=O) groups is 2. The Labute approximate surface area is 114 Å². The lowest BCUT2D eigenvalue weighted by Crippen LogP contribution is -2.50. The largest absolute Gasteiger partial charge is 0.356 e. The number of hydrogen-bond acceptors (Lipinski definition) is 3. The van der Waals surface area contributed by atoms with Crippen LogP contribution in [-0.2, 0) is 9.59 Å². The first kappa shape index (κ1) is 14.3. The minimum atomic E-state index is 0.0984. The Morgan fingerprint density at radius 2 is 2.05 bits per heavy atom. The third-order valence-electron chi connectivity index (χ3n) is 4.00. The lowest BCUT2D eigenvalue weighted by atomic mass is 9.95. The minimum Gasteiger partial charge on any atom is -0.356 e. The van der Waals surface area contributed by atoms with Crippen molar-refractivity contribution in [1.29, 1.82) is 0 Å². The third-order valence-corrected chi connectivity index (χ3v) is 4.00. The van der Waals surface area contributed by atoms with E-state index in [1.807, 2.05) is 0 Å². The van der Waals surface area contributed by atoms with Crippen LogP contribution in [0.25, 0.3) is 0 Å². The maximum atomic E-state index is 11.8. The van der Waals surface area contributed by atoms with Crippen LogP contribution in [0, 0.1) is 11.8 Å². The molecule has 19 heavy (non-hydrogen) atoms. The van der Waals surface area contributed by atoms with Crippen molar-refractivity contribution in [3.05, 3.63) is 0 Å². The van der Waals surface area contributed by atoms with Crippen LogP contribution < -0.4 is 16.0 Å². The molecule has 5 nitrogen and oxygen atoms in total. The molecule has 2 aliphatic rings. The molecule has 3 N–H and O–H groups in total. The molecule has 2 amide bonds. The van der Waals surface area contributed by atoms with Gasteiger partial charge in [-0.1, -0.05) is 6.92 Å². The van der Waals surface area contributed by atoms with E-state index in [0.29, 0.717) is 18.9 Å². The molecule has 2 fully saturated rings. The molecule has 1 heterocycles. The van der Waals surface area contributed by atoms with E-state index < -0.39 is 0 Å². The van der Waals surface area contributed by atoms with Crippen molar-refractivity contribution in [3.63, 3.8) is 0 Å². The van der Waals surface area contributed by atoms with Crippen molar-refractivity contribution in [2.24, 2.45) is 11.8 Å². The molecule has 0 bridgehead atoms. The van der Waals surface area contributed by atoms with E-state index in [4.69, 9.17) is 0 Å². The summed E-state index contributed by atoms with van der Waals surface area (Å²) in [7, 11) is 0. The predicted octanol–water partition coefficient (Wildman–Crippen LogP) is 0.407. The zero-order valence-corrected chi connectivity index (χ0v) is 11.7. The van der Waals surface area contributed by atoms with E-state index in [9.17, 15) is 9.59 Å². The van der Waals surface area contributed by atoms with Gasteiger partial charge in [-0.15, -0.1) is 0 Å². The average molecular weight is 267 g/mol. The lowest BCUT2D eigenvalue weighted by molar-refractivity contribution is -0.124. The van der Waals surface area contributed by atoms with Crippen LogP contribution in [0.3, 0.4) is 0 Å². The molecule has 1 saturated heterocycles. The molecule has 0 aromatic heterocycles. The summed E-state index contributed by atoms with van der Waals surface area (Å²) < 4.78 is 0. The fraction of sp³-hybridized carbons (Fsp3) is 0.857. The summed E-state index contributed by atoms with van der Waals surface area (Å²) in [5.41, 5.74) is 0. The van der Waals surface area contributed by atoms with Crippen molar-refractivity contribution in [3.8, 4) is 0 Å². The monoisotopic (exact) mass is 267 g/mol. The van der Waals surface area contributed by atoms with Gasteiger partial charge in [-0.25, -0.2) is 0 Å². The van der Waals surface area contributed by atoms with Crippen molar-refractivity contribution >= 4 is 11.8 Å². The highest BCUT2D eigenvalue weighted by Crippen LogP contribution is 2.28. The Morgan fingerprint density at radius 3 is 2.74 bits per heavy atom. The lowest BCUT2D eigenvalue weighted by Gasteiger charge is -2.30. The van der Waals surface area contributed by atoms with Crippen LogP contribution in [0.15, 0.2) is 0 Å². The second-order valence-electron chi connectivity index (χ2n) is 5.81. The molecule has 108 valence electrons.